The molecule has 0 fully saturated rings. The highest BCUT2D eigenvalue weighted by atomic mass is 16.5. The topological polar surface area (TPSA) is 71.8 Å². The standard InChI is InChI=1S/C30H30N2O4/c1-35-26-16-14-25(15-17-26)22-32(29(33)20-24-11-6-3-7-12-24)28(19-23-9-4-2-5-10-23)30(34)31-21-27-13-8-18-36-27/h2-18,28H,19-22H2,1H3,(H,31,34). The van der Waals surface area contributed by atoms with Crippen LogP contribution in [0, 0.1) is 0 Å². The summed E-state index contributed by atoms with van der Waals surface area (Å²) in [5.74, 6) is 1.04. The lowest BCUT2D eigenvalue weighted by molar-refractivity contribution is -0.140. The maximum absolute atomic E-state index is 13.7. The first-order chi connectivity index (χ1) is 17.6. The van der Waals surface area contributed by atoms with Crippen molar-refractivity contribution >= 4 is 11.8 Å². The quantitative estimate of drug-likeness (QED) is 0.334. The highest BCUT2D eigenvalue weighted by Gasteiger charge is 2.30. The van der Waals surface area contributed by atoms with E-state index in [0.717, 1.165) is 22.4 Å². The Morgan fingerprint density at radius 3 is 2.11 bits per heavy atom. The molecule has 36 heavy (non-hydrogen) atoms. The smallest absolute Gasteiger partial charge is 0.243 e. The molecule has 0 radical (unpaired) electrons. The van der Waals surface area contributed by atoms with E-state index in [9.17, 15) is 9.59 Å². The molecule has 0 saturated heterocycles. The largest absolute Gasteiger partial charge is 0.497 e. The number of ether oxygens (including phenoxy) is 1. The lowest BCUT2D eigenvalue weighted by Gasteiger charge is -2.31. The van der Waals surface area contributed by atoms with Crippen molar-refractivity contribution in [2.24, 2.45) is 0 Å². The molecule has 0 spiro atoms. The van der Waals surface area contributed by atoms with Gasteiger partial charge in [-0.3, -0.25) is 9.59 Å². The van der Waals surface area contributed by atoms with Gasteiger partial charge >= 0.3 is 0 Å². The van der Waals surface area contributed by atoms with Gasteiger partial charge in [-0.1, -0.05) is 72.8 Å². The van der Waals surface area contributed by atoms with Gasteiger partial charge in [0, 0.05) is 13.0 Å². The monoisotopic (exact) mass is 482 g/mol. The first-order valence-corrected chi connectivity index (χ1v) is 11.9. The van der Waals surface area contributed by atoms with E-state index in [4.69, 9.17) is 9.15 Å². The van der Waals surface area contributed by atoms with Crippen LogP contribution in [-0.4, -0.2) is 29.9 Å². The second-order valence-corrected chi connectivity index (χ2v) is 8.53. The number of carbonyl (C=O) groups is 2. The number of nitrogens with zero attached hydrogens (tertiary/aromatic N) is 1. The number of furan rings is 1. The summed E-state index contributed by atoms with van der Waals surface area (Å²) in [6.45, 7) is 0.543. The number of hydrogen-bond donors (Lipinski definition) is 1. The number of carbonyl (C=O) groups excluding carboxylic acids is 2. The van der Waals surface area contributed by atoms with E-state index in [1.54, 1.807) is 24.3 Å². The number of benzene rings is 3. The maximum atomic E-state index is 13.7. The van der Waals surface area contributed by atoms with E-state index >= 15 is 0 Å². The van der Waals surface area contributed by atoms with Gasteiger partial charge < -0.3 is 19.4 Å². The summed E-state index contributed by atoms with van der Waals surface area (Å²) in [5, 5.41) is 2.96. The fourth-order valence-electron chi connectivity index (χ4n) is 4.06. The molecule has 1 heterocycles. The van der Waals surface area contributed by atoms with E-state index in [0.29, 0.717) is 18.7 Å². The molecule has 0 aliphatic heterocycles. The van der Waals surface area contributed by atoms with Gasteiger partial charge in [0.1, 0.15) is 17.6 Å². The van der Waals surface area contributed by atoms with Gasteiger partial charge in [0.25, 0.3) is 0 Å². The van der Waals surface area contributed by atoms with Crippen molar-refractivity contribution in [2.75, 3.05) is 7.11 Å². The molecule has 4 aromatic rings. The molecule has 0 aliphatic carbocycles. The van der Waals surface area contributed by atoms with Crippen LogP contribution in [0.3, 0.4) is 0 Å². The van der Waals surface area contributed by atoms with Gasteiger partial charge in [0.05, 0.1) is 26.3 Å². The van der Waals surface area contributed by atoms with Crippen molar-refractivity contribution in [3.8, 4) is 5.75 Å². The normalized spacial score (nSPS) is 11.5. The van der Waals surface area contributed by atoms with Crippen LogP contribution >= 0.6 is 0 Å². The second kappa shape index (κ2) is 12.4. The van der Waals surface area contributed by atoms with Gasteiger partial charge in [0.2, 0.25) is 11.8 Å². The molecule has 6 nitrogen and oxygen atoms in total. The van der Waals surface area contributed by atoms with Crippen molar-refractivity contribution in [3.05, 3.63) is 126 Å². The summed E-state index contributed by atoms with van der Waals surface area (Å²) in [4.78, 5) is 29.0. The minimum atomic E-state index is -0.708. The Bertz CT molecular complexity index is 1220. The summed E-state index contributed by atoms with van der Waals surface area (Å²) in [5.41, 5.74) is 2.79. The lowest BCUT2D eigenvalue weighted by Crippen LogP contribution is -2.50. The summed E-state index contributed by atoms with van der Waals surface area (Å²) in [7, 11) is 1.62. The van der Waals surface area contributed by atoms with E-state index in [2.05, 4.69) is 5.32 Å². The number of amides is 2. The molecular formula is C30H30N2O4. The Balaban J connectivity index is 1.63. The van der Waals surface area contributed by atoms with E-state index in [-0.39, 0.29) is 24.8 Å². The van der Waals surface area contributed by atoms with Crippen molar-refractivity contribution in [2.45, 2.75) is 32.0 Å². The van der Waals surface area contributed by atoms with Crippen molar-refractivity contribution in [3.63, 3.8) is 0 Å². The van der Waals surface area contributed by atoms with E-state index in [1.807, 2.05) is 91.0 Å². The highest BCUT2D eigenvalue weighted by Crippen LogP contribution is 2.19. The molecule has 1 atom stereocenters. The Labute approximate surface area is 211 Å². The molecule has 4 rings (SSSR count). The van der Waals surface area contributed by atoms with E-state index in [1.165, 1.54) is 0 Å². The van der Waals surface area contributed by atoms with Crippen LogP contribution in [0.15, 0.2) is 108 Å². The second-order valence-electron chi connectivity index (χ2n) is 8.53. The first kappa shape index (κ1) is 24.8. The van der Waals surface area contributed by atoms with Crippen LogP contribution in [-0.2, 0) is 35.5 Å². The van der Waals surface area contributed by atoms with Crippen molar-refractivity contribution < 1.29 is 18.7 Å². The average Bonchev–Trinajstić information content (AvgIpc) is 3.44. The average molecular weight is 483 g/mol. The van der Waals surface area contributed by atoms with Crippen molar-refractivity contribution in [1.29, 1.82) is 0 Å². The zero-order valence-corrected chi connectivity index (χ0v) is 20.3. The molecular weight excluding hydrogens is 452 g/mol. The molecule has 0 bridgehead atoms. The molecule has 1 N–H and O–H groups in total. The summed E-state index contributed by atoms with van der Waals surface area (Å²) in [6.07, 6.45) is 2.16. The van der Waals surface area contributed by atoms with Crippen LogP contribution < -0.4 is 10.1 Å². The number of nitrogens with one attached hydrogen (secondary N) is 1. The molecule has 6 heteroatoms. The van der Waals surface area contributed by atoms with Crippen molar-refractivity contribution in [1.82, 2.24) is 10.2 Å². The Hall–Kier alpha value is -4.32. The van der Waals surface area contributed by atoms with E-state index < -0.39 is 6.04 Å². The minimum absolute atomic E-state index is 0.119. The third kappa shape index (κ3) is 6.85. The van der Waals surface area contributed by atoms with Gasteiger partial charge in [-0.15, -0.1) is 0 Å². The van der Waals surface area contributed by atoms with Gasteiger partial charge in [0.15, 0.2) is 0 Å². The maximum Gasteiger partial charge on any atom is 0.243 e. The summed E-state index contributed by atoms with van der Waals surface area (Å²) < 4.78 is 10.7. The third-order valence-electron chi connectivity index (χ3n) is 6.00. The summed E-state index contributed by atoms with van der Waals surface area (Å²) in [6, 6.07) is 29.8. The van der Waals surface area contributed by atoms with Crippen LogP contribution in [0.1, 0.15) is 22.5 Å². The molecule has 0 aliphatic rings. The van der Waals surface area contributed by atoms with Gasteiger partial charge in [-0.2, -0.15) is 0 Å². The van der Waals surface area contributed by atoms with Crippen LogP contribution in [0.4, 0.5) is 0 Å². The predicted octanol–water partition coefficient (Wildman–Crippen LogP) is 4.79. The summed E-state index contributed by atoms with van der Waals surface area (Å²) >= 11 is 0. The molecule has 1 aromatic heterocycles. The lowest BCUT2D eigenvalue weighted by atomic mass is 10.0. The molecule has 3 aromatic carbocycles. The fourth-order valence-corrected chi connectivity index (χ4v) is 4.06. The molecule has 184 valence electrons. The predicted molar refractivity (Wildman–Crippen MR) is 138 cm³/mol. The zero-order valence-electron chi connectivity index (χ0n) is 20.3. The Morgan fingerprint density at radius 2 is 1.50 bits per heavy atom. The third-order valence-corrected chi connectivity index (χ3v) is 6.00. The molecule has 2 amide bonds. The van der Waals surface area contributed by atoms with Gasteiger partial charge in [-0.25, -0.2) is 0 Å². The Kier molecular flexibility index (Phi) is 8.54. The SMILES string of the molecule is COc1ccc(CN(C(=O)Cc2ccccc2)C(Cc2ccccc2)C(=O)NCc2ccco2)cc1. The number of rotatable bonds is 11. The number of hydrogen-bond acceptors (Lipinski definition) is 4. The molecule has 0 saturated carbocycles. The molecule has 1 unspecified atom stereocenters. The highest BCUT2D eigenvalue weighted by molar-refractivity contribution is 5.88. The van der Waals surface area contributed by atoms with Crippen LogP contribution in [0.2, 0.25) is 0 Å². The van der Waals surface area contributed by atoms with Crippen LogP contribution in [0.25, 0.3) is 0 Å². The first-order valence-electron chi connectivity index (χ1n) is 11.9. The fraction of sp³-hybridized carbons (Fsp3) is 0.200. The minimum Gasteiger partial charge on any atom is -0.497 e. The number of methoxy groups -OCH3 is 1. The van der Waals surface area contributed by atoms with Crippen LogP contribution in [0.5, 0.6) is 5.75 Å². The van der Waals surface area contributed by atoms with Gasteiger partial charge in [-0.05, 0) is 41.0 Å². The zero-order chi connectivity index (χ0) is 25.2. The Morgan fingerprint density at radius 1 is 0.833 bits per heavy atom.